The molecule has 1 aliphatic heterocycles. The summed E-state index contributed by atoms with van der Waals surface area (Å²) in [6.07, 6.45) is 3.48. The highest BCUT2D eigenvalue weighted by molar-refractivity contribution is 6.03. The standard InChI is InChI=1S/C17H17N3O2/c1-20-11-14(16(21)17(20)22)15-9-13(10-18-19-15)8-7-12-5-3-2-4-6-12/h2-6,9-10,21H,7-8,11H2,1H3. The fourth-order valence-electron chi connectivity index (χ4n) is 2.52. The quantitative estimate of drug-likeness (QED) is 0.937. The Morgan fingerprint density at radius 3 is 2.59 bits per heavy atom. The van der Waals surface area contributed by atoms with Crippen LogP contribution in [-0.4, -0.2) is 39.7 Å². The number of carbonyl (C=O) groups is 1. The summed E-state index contributed by atoms with van der Waals surface area (Å²) >= 11 is 0. The monoisotopic (exact) mass is 295 g/mol. The summed E-state index contributed by atoms with van der Waals surface area (Å²) in [6, 6.07) is 12.1. The van der Waals surface area contributed by atoms with Crippen LogP contribution in [0.3, 0.4) is 0 Å². The number of hydrogen-bond acceptors (Lipinski definition) is 4. The molecule has 2 heterocycles. The van der Waals surface area contributed by atoms with Crippen LogP contribution >= 0.6 is 0 Å². The number of likely N-dealkylation sites (N-methyl/N-ethyl adjacent to an activating group) is 1. The van der Waals surface area contributed by atoms with E-state index in [9.17, 15) is 9.90 Å². The van der Waals surface area contributed by atoms with Crippen molar-refractivity contribution in [2.45, 2.75) is 12.8 Å². The molecule has 5 heteroatoms. The highest BCUT2D eigenvalue weighted by Gasteiger charge is 2.29. The normalized spacial score (nSPS) is 14.8. The molecule has 0 bridgehead atoms. The van der Waals surface area contributed by atoms with Gasteiger partial charge in [-0.1, -0.05) is 30.3 Å². The van der Waals surface area contributed by atoms with E-state index in [1.54, 1.807) is 13.2 Å². The van der Waals surface area contributed by atoms with Gasteiger partial charge in [-0.15, -0.1) is 0 Å². The van der Waals surface area contributed by atoms with Gasteiger partial charge in [-0.25, -0.2) is 0 Å². The van der Waals surface area contributed by atoms with Crippen LogP contribution in [0.1, 0.15) is 16.8 Å². The van der Waals surface area contributed by atoms with Gasteiger partial charge in [0.05, 0.1) is 18.4 Å². The Morgan fingerprint density at radius 1 is 1.18 bits per heavy atom. The number of amides is 1. The minimum atomic E-state index is -0.369. The zero-order valence-electron chi connectivity index (χ0n) is 12.4. The van der Waals surface area contributed by atoms with Crippen molar-refractivity contribution in [2.75, 3.05) is 13.6 Å². The number of carbonyl (C=O) groups excluding carboxylic acids is 1. The van der Waals surface area contributed by atoms with Gasteiger partial charge in [0.1, 0.15) is 0 Å². The molecule has 5 nitrogen and oxygen atoms in total. The van der Waals surface area contributed by atoms with E-state index in [0.717, 1.165) is 18.4 Å². The summed E-state index contributed by atoms with van der Waals surface area (Å²) in [4.78, 5) is 13.1. The number of benzene rings is 1. The van der Waals surface area contributed by atoms with E-state index in [1.165, 1.54) is 10.5 Å². The van der Waals surface area contributed by atoms with Crippen LogP contribution in [0.5, 0.6) is 0 Å². The summed E-state index contributed by atoms with van der Waals surface area (Å²) < 4.78 is 0. The van der Waals surface area contributed by atoms with Crippen molar-refractivity contribution in [3.05, 3.63) is 65.2 Å². The summed E-state index contributed by atoms with van der Waals surface area (Å²) in [5.41, 5.74) is 3.41. The van der Waals surface area contributed by atoms with Crippen molar-refractivity contribution in [3.63, 3.8) is 0 Å². The number of nitrogens with zero attached hydrogens (tertiary/aromatic N) is 3. The zero-order valence-corrected chi connectivity index (χ0v) is 12.4. The summed E-state index contributed by atoms with van der Waals surface area (Å²) in [7, 11) is 1.65. The lowest BCUT2D eigenvalue weighted by molar-refractivity contribution is -0.126. The topological polar surface area (TPSA) is 66.3 Å². The van der Waals surface area contributed by atoms with E-state index >= 15 is 0 Å². The zero-order chi connectivity index (χ0) is 15.5. The number of aromatic nitrogens is 2. The second-order valence-electron chi connectivity index (χ2n) is 5.42. The number of aliphatic hydroxyl groups excluding tert-OH is 1. The molecule has 1 amide bonds. The predicted molar refractivity (Wildman–Crippen MR) is 83.1 cm³/mol. The first-order valence-corrected chi connectivity index (χ1v) is 7.18. The molecule has 0 radical (unpaired) electrons. The summed E-state index contributed by atoms with van der Waals surface area (Å²) in [5, 5.41) is 18.0. The van der Waals surface area contributed by atoms with Crippen molar-refractivity contribution in [1.29, 1.82) is 0 Å². The Bertz CT molecular complexity index is 726. The van der Waals surface area contributed by atoms with E-state index in [1.807, 2.05) is 24.3 Å². The Balaban J connectivity index is 1.77. The Labute approximate surface area is 128 Å². The molecule has 2 aromatic rings. The van der Waals surface area contributed by atoms with Crippen molar-refractivity contribution in [1.82, 2.24) is 15.1 Å². The third kappa shape index (κ3) is 2.83. The number of hydrogen-bond donors (Lipinski definition) is 1. The van der Waals surface area contributed by atoms with Crippen LogP contribution in [0.4, 0.5) is 0 Å². The third-order valence-corrected chi connectivity index (χ3v) is 3.80. The molecule has 0 aliphatic carbocycles. The fourth-order valence-corrected chi connectivity index (χ4v) is 2.52. The van der Waals surface area contributed by atoms with Gasteiger partial charge < -0.3 is 10.0 Å². The average Bonchev–Trinajstić information content (AvgIpc) is 2.82. The number of aryl methyl sites for hydroxylation is 2. The second-order valence-corrected chi connectivity index (χ2v) is 5.42. The van der Waals surface area contributed by atoms with E-state index in [-0.39, 0.29) is 11.7 Å². The Morgan fingerprint density at radius 2 is 1.91 bits per heavy atom. The largest absolute Gasteiger partial charge is 0.503 e. The molecule has 0 saturated carbocycles. The van der Waals surface area contributed by atoms with Crippen LogP contribution in [0, 0.1) is 0 Å². The molecule has 3 rings (SSSR count). The SMILES string of the molecule is CN1CC(c2cc(CCc3ccccc3)cnn2)=C(O)C1=O. The van der Waals surface area contributed by atoms with Crippen LogP contribution in [0.15, 0.2) is 48.4 Å². The van der Waals surface area contributed by atoms with E-state index < -0.39 is 0 Å². The first-order chi connectivity index (χ1) is 10.6. The first kappa shape index (κ1) is 14.3. The van der Waals surface area contributed by atoms with Crippen LogP contribution in [0.25, 0.3) is 5.57 Å². The maximum Gasteiger partial charge on any atom is 0.289 e. The van der Waals surface area contributed by atoms with Gasteiger partial charge in [-0.3, -0.25) is 4.79 Å². The van der Waals surface area contributed by atoms with E-state index in [2.05, 4.69) is 22.3 Å². The predicted octanol–water partition coefficient (Wildman–Crippen LogP) is 2.00. The van der Waals surface area contributed by atoms with Crippen LogP contribution < -0.4 is 0 Å². The molecule has 0 saturated heterocycles. The highest BCUT2D eigenvalue weighted by atomic mass is 16.3. The molecule has 0 unspecified atom stereocenters. The fraction of sp³-hybridized carbons (Fsp3) is 0.235. The molecule has 22 heavy (non-hydrogen) atoms. The van der Waals surface area contributed by atoms with Crippen molar-refractivity contribution < 1.29 is 9.90 Å². The van der Waals surface area contributed by atoms with E-state index in [4.69, 9.17) is 0 Å². The molecule has 0 fully saturated rings. The molecule has 1 aliphatic rings. The average molecular weight is 295 g/mol. The molecule has 112 valence electrons. The van der Waals surface area contributed by atoms with Gasteiger partial charge in [-0.2, -0.15) is 10.2 Å². The van der Waals surface area contributed by atoms with Crippen molar-refractivity contribution in [2.24, 2.45) is 0 Å². The van der Waals surface area contributed by atoms with E-state index in [0.29, 0.717) is 17.8 Å². The lowest BCUT2D eigenvalue weighted by Gasteiger charge is -2.07. The van der Waals surface area contributed by atoms with Gasteiger partial charge in [0.2, 0.25) is 0 Å². The first-order valence-electron chi connectivity index (χ1n) is 7.18. The minimum absolute atomic E-state index is 0.225. The molecule has 1 aromatic heterocycles. The molecule has 1 aromatic carbocycles. The highest BCUT2D eigenvalue weighted by Crippen LogP contribution is 2.24. The maximum absolute atomic E-state index is 11.7. The Kier molecular flexibility index (Phi) is 3.87. The molecular formula is C17H17N3O2. The molecule has 1 N–H and O–H groups in total. The van der Waals surface area contributed by atoms with Gasteiger partial charge in [0.15, 0.2) is 5.76 Å². The van der Waals surface area contributed by atoms with Crippen molar-refractivity contribution in [3.8, 4) is 0 Å². The molecular weight excluding hydrogens is 278 g/mol. The lowest BCUT2D eigenvalue weighted by Crippen LogP contribution is -2.21. The molecule has 0 spiro atoms. The minimum Gasteiger partial charge on any atom is -0.503 e. The van der Waals surface area contributed by atoms with Crippen LogP contribution in [0.2, 0.25) is 0 Å². The number of aliphatic hydroxyl groups is 1. The third-order valence-electron chi connectivity index (χ3n) is 3.80. The maximum atomic E-state index is 11.7. The van der Waals surface area contributed by atoms with Gasteiger partial charge >= 0.3 is 0 Å². The summed E-state index contributed by atoms with van der Waals surface area (Å²) in [6.45, 7) is 0.363. The molecule has 0 atom stereocenters. The van der Waals surface area contributed by atoms with Gasteiger partial charge in [-0.05, 0) is 30.0 Å². The van der Waals surface area contributed by atoms with Gasteiger partial charge in [0, 0.05) is 12.6 Å². The van der Waals surface area contributed by atoms with Gasteiger partial charge in [0.25, 0.3) is 5.91 Å². The lowest BCUT2D eigenvalue weighted by atomic mass is 10.0. The van der Waals surface area contributed by atoms with Crippen LogP contribution in [-0.2, 0) is 17.6 Å². The second kappa shape index (κ2) is 5.97. The van der Waals surface area contributed by atoms with Crippen molar-refractivity contribution >= 4 is 11.5 Å². The smallest absolute Gasteiger partial charge is 0.289 e. The Hall–Kier alpha value is -2.69. The number of rotatable bonds is 4. The summed E-state index contributed by atoms with van der Waals surface area (Å²) in [5.74, 6) is -0.594.